The predicted molar refractivity (Wildman–Crippen MR) is 106 cm³/mol. The minimum atomic E-state index is -3.75. The van der Waals surface area contributed by atoms with E-state index in [1.54, 1.807) is 0 Å². The minimum absolute atomic E-state index is 0.0522. The van der Waals surface area contributed by atoms with Crippen molar-refractivity contribution in [2.75, 3.05) is 33.1 Å². The summed E-state index contributed by atoms with van der Waals surface area (Å²) < 4.78 is 31.3. The van der Waals surface area contributed by atoms with Crippen molar-refractivity contribution in [3.8, 4) is 5.75 Å². The molecule has 0 radical (unpaired) electrons. The summed E-state index contributed by atoms with van der Waals surface area (Å²) in [5.74, 6) is -0.204. The summed E-state index contributed by atoms with van der Waals surface area (Å²) in [6.07, 6.45) is 0. The summed E-state index contributed by atoms with van der Waals surface area (Å²) in [5.41, 5.74) is 1.85. The molecule has 0 bridgehead atoms. The number of amides is 1. The van der Waals surface area contributed by atoms with Gasteiger partial charge in [0, 0.05) is 31.9 Å². The standard InChI is InChI=1S/C19H25N3O4S/c1-5-20-13-15-8-6-7-9-16(15)21-19(23)14-10-11-17(26-4)18(12-14)27(24,25)22(2)3/h6-12,20H,5,13H2,1-4H3,(H,21,23). The van der Waals surface area contributed by atoms with Gasteiger partial charge in [-0.1, -0.05) is 25.1 Å². The Labute approximate surface area is 160 Å². The number of anilines is 1. The molecule has 2 aromatic carbocycles. The van der Waals surface area contributed by atoms with Crippen molar-refractivity contribution in [2.45, 2.75) is 18.4 Å². The highest BCUT2D eigenvalue weighted by Crippen LogP contribution is 2.27. The molecule has 8 heteroatoms. The number of hydrogen-bond donors (Lipinski definition) is 2. The highest BCUT2D eigenvalue weighted by atomic mass is 32.2. The number of hydrogen-bond acceptors (Lipinski definition) is 5. The average molecular weight is 391 g/mol. The topological polar surface area (TPSA) is 87.7 Å². The van der Waals surface area contributed by atoms with E-state index < -0.39 is 15.9 Å². The predicted octanol–water partition coefficient (Wildman–Crippen LogP) is 2.31. The Bertz CT molecular complexity index is 911. The monoisotopic (exact) mass is 391 g/mol. The summed E-state index contributed by atoms with van der Waals surface area (Å²) in [6, 6.07) is 11.8. The van der Waals surface area contributed by atoms with E-state index in [0.29, 0.717) is 12.2 Å². The number of sulfonamides is 1. The van der Waals surface area contributed by atoms with Gasteiger partial charge in [0.25, 0.3) is 5.91 Å². The van der Waals surface area contributed by atoms with Gasteiger partial charge in [0.05, 0.1) is 7.11 Å². The first kappa shape index (κ1) is 20.9. The Kier molecular flexibility index (Phi) is 6.95. The number of rotatable bonds is 8. The molecule has 0 atom stereocenters. The Morgan fingerprint density at radius 1 is 1.15 bits per heavy atom. The van der Waals surface area contributed by atoms with E-state index >= 15 is 0 Å². The molecular formula is C19H25N3O4S. The SMILES string of the molecule is CCNCc1ccccc1NC(=O)c1ccc(OC)c(S(=O)(=O)N(C)C)c1. The molecule has 0 saturated heterocycles. The molecule has 1 amide bonds. The first-order chi connectivity index (χ1) is 12.8. The van der Waals surface area contributed by atoms with Crippen LogP contribution < -0.4 is 15.4 Å². The summed E-state index contributed by atoms with van der Waals surface area (Å²) in [4.78, 5) is 12.7. The molecule has 0 fully saturated rings. The lowest BCUT2D eigenvalue weighted by atomic mass is 10.1. The Hall–Kier alpha value is -2.42. The first-order valence-electron chi connectivity index (χ1n) is 8.51. The molecule has 2 N–H and O–H groups in total. The van der Waals surface area contributed by atoms with Gasteiger partial charge in [-0.25, -0.2) is 12.7 Å². The van der Waals surface area contributed by atoms with Crippen molar-refractivity contribution in [3.63, 3.8) is 0 Å². The molecule has 27 heavy (non-hydrogen) atoms. The summed E-state index contributed by atoms with van der Waals surface area (Å²) in [6.45, 7) is 3.44. The van der Waals surface area contributed by atoms with Gasteiger partial charge in [-0.3, -0.25) is 4.79 Å². The zero-order valence-corrected chi connectivity index (χ0v) is 16.8. The third-order valence-electron chi connectivity index (χ3n) is 4.02. The Balaban J connectivity index is 2.36. The molecule has 146 valence electrons. The molecule has 0 heterocycles. The number of nitrogens with zero attached hydrogens (tertiary/aromatic N) is 1. The van der Waals surface area contributed by atoms with Gasteiger partial charge in [-0.05, 0) is 36.4 Å². The van der Waals surface area contributed by atoms with E-state index in [9.17, 15) is 13.2 Å². The molecule has 7 nitrogen and oxygen atoms in total. The van der Waals surface area contributed by atoms with Crippen LogP contribution in [-0.2, 0) is 16.6 Å². The largest absolute Gasteiger partial charge is 0.495 e. The highest BCUT2D eigenvalue weighted by molar-refractivity contribution is 7.89. The second kappa shape index (κ2) is 8.98. The zero-order chi connectivity index (χ0) is 20.0. The molecule has 0 aliphatic heterocycles. The van der Waals surface area contributed by atoms with Crippen molar-refractivity contribution < 1.29 is 17.9 Å². The number of ether oxygens (including phenoxy) is 1. The Morgan fingerprint density at radius 2 is 1.85 bits per heavy atom. The molecule has 2 rings (SSSR count). The molecule has 0 unspecified atom stereocenters. The fraction of sp³-hybridized carbons (Fsp3) is 0.316. The molecular weight excluding hydrogens is 366 g/mol. The quantitative estimate of drug-likeness (QED) is 0.721. The number of benzene rings is 2. The molecule has 0 spiro atoms. The van der Waals surface area contributed by atoms with Crippen molar-refractivity contribution in [1.82, 2.24) is 9.62 Å². The summed E-state index contributed by atoms with van der Waals surface area (Å²) in [7, 11) is 0.497. The van der Waals surface area contributed by atoms with E-state index in [1.165, 1.54) is 39.4 Å². The lowest BCUT2D eigenvalue weighted by molar-refractivity contribution is 0.102. The number of carbonyl (C=O) groups excluding carboxylic acids is 1. The number of carbonyl (C=O) groups is 1. The average Bonchev–Trinajstić information content (AvgIpc) is 2.66. The third-order valence-corrected chi connectivity index (χ3v) is 5.85. The minimum Gasteiger partial charge on any atom is -0.495 e. The van der Waals surface area contributed by atoms with Crippen LogP contribution in [0.5, 0.6) is 5.75 Å². The van der Waals surface area contributed by atoms with Crippen LogP contribution in [0, 0.1) is 0 Å². The number of nitrogens with one attached hydrogen (secondary N) is 2. The summed E-state index contributed by atoms with van der Waals surface area (Å²) in [5, 5.41) is 6.07. The maximum Gasteiger partial charge on any atom is 0.255 e. The van der Waals surface area contributed by atoms with Gasteiger partial charge < -0.3 is 15.4 Å². The van der Waals surface area contributed by atoms with Crippen LogP contribution in [0.4, 0.5) is 5.69 Å². The fourth-order valence-corrected chi connectivity index (χ4v) is 3.54. The van der Waals surface area contributed by atoms with Crippen LogP contribution in [0.2, 0.25) is 0 Å². The van der Waals surface area contributed by atoms with Crippen LogP contribution in [0.15, 0.2) is 47.4 Å². The molecule has 0 aliphatic rings. The fourth-order valence-electron chi connectivity index (χ4n) is 2.47. The normalized spacial score (nSPS) is 11.4. The third kappa shape index (κ3) is 4.85. The van der Waals surface area contributed by atoms with E-state index in [0.717, 1.165) is 16.4 Å². The molecule has 2 aromatic rings. The van der Waals surface area contributed by atoms with Crippen LogP contribution in [0.25, 0.3) is 0 Å². The molecule has 0 saturated carbocycles. The van der Waals surface area contributed by atoms with Crippen LogP contribution >= 0.6 is 0 Å². The second-order valence-electron chi connectivity index (χ2n) is 6.04. The van der Waals surface area contributed by atoms with E-state index in [-0.39, 0.29) is 16.2 Å². The van der Waals surface area contributed by atoms with Crippen LogP contribution in [0.1, 0.15) is 22.8 Å². The second-order valence-corrected chi connectivity index (χ2v) is 8.16. The maximum absolute atomic E-state index is 12.7. The summed E-state index contributed by atoms with van der Waals surface area (Å²) >= 11 is 0. The van der Waals surface area contributed by atoms with E-state index in [2.05, 4.69) is 10.6 Å². The molecule has 0 aromatic heterocycles. The first-order valence-corrected chi connectivity index (χ1v) is 9.95. The van der Waals surface area contributed by atoms with Crippen molar-refractivity contribution in [2.24, 2.45) is 0 Å². The van der Waals surface area contributed by atoms with Crippen molar-refractivity contribution >= 4 is 21.6 Å². The van der Waals surface area contributed by atoms with Gasteiger partial charge in [0.2, 0.25) is 10.0 Å². The van der Waals surface area contributed by atoms with Gasteiger partial charge in [0.15, 0.2) is 0 Å². The van der Waals surface area contributed by atoms with E-state index in [1.807, 2.05) is 31.2 Å². The molecule has 0 aliphatic carbocycles. The van der Waals surface area contributed by atoms with Gasteiger partial charge in [-0.15, -0.1) is 0 Å². The van der Waals surface area contributed by atoms with Gasteiger partial charge >= 0.3 is 0 Å². The van der Waals surface area contributed by atoms with Crippen LogP contribution in [-0.4, -0.2) is 46.4 Å². The van der Waals surface area contributed by atoms with Crippen molar-refractivity contribution in [3.05, 3.63) is 53.6 Å². The lowest BCUT2D eigenvalue weighted by Gasteiger charge is -2.16. The number of para-hydroxylation sites is 1. The van der Waals surface area contributed by atoms with Gasteiger partial charge in [0.1, 0.15) is 10.6 Å². The van der Waals surface area contributed by atoms with E-state index in [4.69, 9.17) is 4.74 Å². The van der Waals surface area contributed by atoms with Crippen molar-refractivity contribution in [1.29, 1.82) is 0 Å². The lowest BCUT2D eigenvalue weighted by Crippen LogP contribution is -2.23. The number of methoxy groups -OCH3 is 1. The smallest absolute Gasteiger partial charge is 0.255 e. The van der Waals surface area contributed by atoms with Gasteiger partial charge in [-0.2, -0.15) is 0 Å². The Morgan fingerprint density at radius 3 is 2.48 bits per heavy atom. The highest BCUT2D eigenvalue weighted by Gasteiger charge is 2.24. The van der Waals surface area contributed by atoms with Crippen LogP contribution in [0.3, 0.4) is 0 Å². The maximum atomic E-state index is 12.7. The zero-order valence-electron chi connectivity index (χ0n) is 15.9.